The number of carbonyl (C=O) groups excluding carboxylic acids is 1. The van der Waals surface area contributed by atoms with Crippen LogP contribution in [0.1, 0.15) is 27.7 Å². The number of carbonyl (C=O) groups is 1. The summed E-state index contributed by atoms with van der Waals surface area (Å²) in [5.41, 5.74) is -0.399. The van der Waals surface area contributed by atoms with Gasteiger partial charge in [0.15, 0.2) is 0 Å². The highest BCUT2D eigenvalue weighted by atomic mass is 28.1. The predicted molar refractivity (Wildman–Crippen MR) is 64.2 cm³/mol. The van der Waals surface area contributed by atoms with E-state index in [4.69, 9.17) is 4.74 Å². The summed E-state index contributed by atoms with van der Waals surface area (Å²) in [6, 6.07) is 0. The molecule has 1 aliphatic heterocycles. The molecule has 1 amide bonds. The first kappa shape index (κ1) is 12.5. The molecule has 0 spiro atoms. The van der Waals surface area contributed by atoms with Crippen LogP contribution in [-0.2, 0) is 4.74 Å². The van der Waals surface area contributed by atoms with Gasteiger partial charge in [0.25, 0.3) is 0 Å². The summed E-state index contributed by atoms with van der Waals surface area (Å²) in [4.78, 5) is 13.6. The van der Waals surface area contributed by atoms with Crippen LogP contribution in [0, 0.1) is 0 Å². The van der Waals surface area contributed by atoms with Crippen molar-refractivity contribution in [2.45, 2.75) is 38.5 Å². The van der Waals surface area contributed by atoms with E-state index in [9.17, 15) is 4.79 Å². The van der Waals surface area contributed by atoms with Gasteiger partial charge in [-0.3, -0.25) is 0 Å². The molecule has 1 aliphatic rings. The van der Waals surface area contributed by atoms with Crippen molar-refractivity contribution in [3.63, 3.8) is 0 Å². The van der Waals surface area contributed by atoms with Gasteiger partial charge in [0.2, 0.25) is 0 Å². The van der Waals surface area contributed by atoms with Crippen LogP contribution in [0.15, 0.2) is 0 Å². The van der Waals surface area contributed by atoms with Crippen molar-refractivity contribution in [3.05, 3.63) is 0 Å². The number of nitrogens with zero attached hydrogens (tertiary/aromatic N) is 1. The first-order valence-electron chi connectivity index (χ1n) is 5.43. The molecule has 0 aromatic heterocycles. The van der Waals surface area contributed by atoms with Gasteiger partial charge in [0.05, 0.1) is 0 Å². The molecule has 0 bridgehead atoms. The highest BCUT2D eigenvalue weighted by Crippen LogP contribution is 2.13. The summed E-state index contributed by atoms with van der Waals surface area (Å²) in [5, 5.41) is 3.54. The fraction of sp³-hybridized carbons (Fsp3) is 0.900. The summed E-state index contributed by atoms with van der Waals surface area (Å²) >= 11 is 0. The van der Waals surface area contributed by atoms with Gasteiger partial charge in [-0.1, -0.05) is 0 Å². The van der Waals surface area contributed by atoms with E-state index in [0.717, 1.165) is 29.9 Å². The van der Waals surface area contributed by atoms with Crippen LogP contribution in [0.2, 0.25) is 0 Å². The van der Waals surface area contributed by atoms with Gasteiger partial charge < -0.3 is 15.0 Å². The van der Waals surface area contributed by atoms with E-state index in [0.29, 0.717) is 0 Å². The Kier molecular flexibility index (Phi) is 3.45. The monoisotopic (exact) mass is 230 g/mol. The molecule has 1 atom stereocenters. The maximum Gasteiger partial charge on any atom is 0.410 e. The van der Waals surface area contributed by atoms with Crippen LogP contribution >= 0.6 is 0 Å². The van der Waals surface area contributed by atoms with Gasteiger partial charge in [-0.2, -0.15) is 0 Å². The lowest BCUT2D eigenvalue weighted by molar-refractivity contribution is 0.0183. The smallest absolute Gasteiger partial charge is 0.410 e. The van der Waals surface area contributed by atoms with E-state index in [1.165, 1.54) is 0 Å². The average molecular weight is 230 g/mol. The van der Waals surface area contributed by atoms with E-state index in [1.54, 1.807) is 4.90 Å². The topological polar surface area (TPSA) is 41.6 Å². The molecule has 15 heavy (non-hydrogen) atoms. The molecule has 1 N–H and O–H groups in total. The molecule has 0 aromatic rings. The van der Waals surface area contributed by atoms with Crippen LogP contribution in [0.25, 0.3) is 0 Å². The summed E-state index contributed by atoms with van der Waals surface area (Å²) in [6.45, 7) is 10.2. The average Bonchev–Trinajstić information content (AvgIpc) is 1.99. The fourth-order valence-corrected chi connectivity index (χ4v) is 2.26. The quantitative estimate of drug-likeness (QED) is 0.591. The Morgan fingerprint density at radius 2 is 2.13 bits per heavy atom. The Bertz CT molecular complexity index is 248. The van der Waals surface area contributed by atoms with Crippen molar-refractivity contribution in [3.8, 4) is 0 Å². The van der Waals surface area contributed by atoms with E-state index in [2.05, 4.69) is 12.2 Å². The Morgan fingerprint density at radius 1 is 1.53 bits per heavy atom. The van der Waals surface area contributed by atoms with E-state index in [-0.39, 0.29) is 11.3 Å². The van der Waals surface area contributed by atoms with Gasteiger partial charge in [-0.25, -0.2) is 4.79 Å². The zero-order chi connectivity index (χ0) is 11.7. The number of nitrogens with one attached hydrogen (secondary N) is 1. The third-order valence-electron chi connectivity index (χ3n) is 2.22. The van der Waals surface area contributed by atoms with Crippen LogP contribution in [0.4, 0.5) is 4.79 Å². The SMILES string of the molecule is CC(C)(C)OC(=O)N1CCN[C@@](C)([SiH3])C1. The van der Waals surface area contributed by atoms with Crippen molar-refractivity contribution < 1.29 is 9.53 Å². The van der Waals surface area contributed by atoms with E-state index >= 15 is 0 Å². The molecule has 0 unspecified atom stereocenters. The van der Waals surface area contributed by atoms with Gasteiger partial charge in [-0.15, -0.1) is 0 Å². The van der Waals surface area contributed by atoms with Gasteiger partial charge in [0, 0.05) is 35.0 Å². The Hall–Kier alpha value is -0.553. The number of rotatable bonds is 0. The van der Waals surface area contributed by atoms with Crippen LogP contribution in [0.5, 0.6) is 0 Å². The molecule has 1 rings (SSSR count). The molecule has 1 saturated heterocycles. The van der Waals surface area contributed by atoms with Crippen molar-refractivity contribution in [1.82, 2.24) is 10.2 Å². The maximum atomic E-state index is 11.8. The minimum Gasteiger partial charge on any atom is -0.444 e. The second-order valence-electron chi connectivity index (χ2n) is 5.71. The highest BCUT2D eigenvalue weighted by Gasteiger charge is 2.30. The molecular formula is C10H22N2O2Si. The normalized spacial score (nSPS) is 27.9. The molecule has 88 valence electrons. The molecule has 4 nitrogen and oxygen atoms in total. The number of hydrogen-bond acceptors (Lipinski definition) is 3. The van der Waals surface area contributed by atoms with E-state index < -0.39 is 5.60 Å². The number of amides is 1. The Morgan fingerprint density at radius 3 is 2.60 bits per heavy atom. The summed E-state index contributed by atoms with van der Waals surface area (Å²) < 4.78 is 5.35. The lowest BCUT2D eigenvalue weighted by Crippen LogP contribution is -2.60. The van der Waals surface area contributed by atoms with Gasteiger partial charge in [-0.05, 0) is 27.7 Å². The Labute approximate surface area is 94.8 Å². The molecule has 1 fully saturated rings. The molecule has 0 saturated carbocycles. The first-order valence-corrected chi connectivity index (χ1v) is 6.43. The second kappa shape index (κ2) is 4.13. The van der Waals surface area contributed by atoms with Crippen LogP contribution in [-0.4, -0.2) is 51.6 Å². The Balaban J connectivity index is 2.53. The van der Waals surface area contributed by atoms with Gasteiger partial charge in [0.1, 0.15) is 5.60 Å². The molecule has 0 aromatic carbocycles. The number of hydrogen-bond donors (Lipinski definition) is 1. The summed E-state index contributed by atoms with van der Waals surface area (Å²) in [6.07, 6.45) is -0.189. The summed E-state index contributed by atoms with van der Waals surface area (Å²) in [5.74, 6) is 0. The minimum absolute atomic E-state index is 0.120. The van der Waals surface area contributed by atoms with Crippen molar-refractivity contribution >= 4 is 16.3 Å². The molecule has 1 heterocycles. The van der Waals surface area contributed by atoms with Crippen molar-refractivity contribution in [1.29, 1.82) is 0 Å². The van der Waals surface area contributed by atoms with Crippen molar-refractivity contribution in [2.75, 3.05) is 19.6 Å². The fourth-order valence-electron chi connectivity index (χ4n) is 1.62. The molecule has 0 radical (unpaired) electrons. The number of ether oxygens (including phenoxy) is 1. The minimum atomic E-state index is -0.399. The molecule has 5 heteroatoms. The highest BCUT2D eigenvalue weighted by molar-refractivity contribution is 6.15. The first-order chi connectivity index (χ1) is 6.70. The molecule has 0 aliphatic carbocycles. The second-order valence-corrected chi connectivity index (χ2v) is 7.92. The van der Waals surface area contributed by atoms with E-state index in [1.807, 2.05) is 20.8 Å². The lowest BCUT2D eigenvalue weighted by atomic mass is 10.2. The third kappa shape index (κ3) is 4.21. The van der Waals surface area contributed by atoms with Crippen LogP contribution in [0.3, 0.4) is 0 Å². The predicted octanol–water partition coefficient (Wildman–Crippen LogP) is -0.0917. The lowest BCUT2D eigenvalue weighted by Gasteiger charge is -2.39. The van der Waals surface area contributed by atoms with Gasteiger partial charge >= 0.3 is 6.09 Å². The number of piperazine rings is 1. The molecular weight excluding hydrogens is 208 g/mol. The van der Waals surface area contributed by atoms with Crippen molar-refractivity contribution in [2.24, 2.45) is 0 Å². The zero-order valence-corrected chi connectivity index (χ0v) is 12.4. The summed E-state index contributed by atoms with van der Waals surface area (Å²) in [7, 11) is 1.03. The third-order valence-corrected chi connectivity index (χ3v) is 2.89. The standard InChI is InChI=1S/C10H22N2O2Si/c1-9(2,3)14-8(13)12-6-5-11-10(4,15)7-12/h11H,5-7H2,1-4,15H3/t10-/m0/s1. The zero-order valence-electron chi connectivity index (χ0n) is 10.4. The largest absolute Gasteiger partial charge is 0.444 e. The van der Waals surface area contributed by atoms with Crippen LogP contribution < -0.4 is 5.32 Å². The maximum absolute atomic E-state index is 11.8.